The lowest BCUT2D eigenvalue weighted by Crippen LogP contribution is -2.57. The Morgan fingerprint density at radius 3 is 2.33 bits per heavy atom. The summed E-state index contributed by atoms with van der Waals surface area (Å²) in [5.41, 5.74) is 5.32. The normalized spacial score (nSPS) is 20.3. The van der Waals surface area contributed by atoms with Crippen LogP contribution in [0.3, 0.4) is 0 Å². The molecule has 1 aromatic rings. The van der Waals surface area contributed by atoms with E-state index in [2.05, 4.69) is 0 Å². The van der Waals surface area contributed by atoms with Gasteiger partial charge in [-0.15, -0.1) is 0 Å². The summed E-state index contributed by atoms with van der Waals surface area (Å²) in [5, 5.41) is 0. The quantitative estimate of drug-likeness (QED) is 0.877. The molecule has 1 saturated heterocycles. The molecule has 0 radical (unpaired) electrons. The first kappa shape index (κ1) is 13.1. The van der Waals surface area contributed by atoms with Crippen LogP contribution in [0.4, 0.5) is 0 Å². The molecule has 1 amide bonds. The summed E-state index contributed by atoms with van der Waals surface area (Å²) in [6.45, 7) is 1.68. The minimum atomic E-state index is -1.12. The molecule has 1 aliphatic rings. The molecule has 1 atom stereocenters. The lowest BCUT2D eigenvalue weighted by atomic mass is 9.97. The largest absolute Gasteiger partial charge is 0.366 e. The van der Waals surface area contributed by atoms with E-state index in [4.69, 9.17) is 10.5 Å². The molecule has 1 aliphatic heterocycles. The van der Waals surface area contributed by atoms with Crippen molar-refractivity contribution in [3.05, 3.63) is 35.9 Å². The second kappa shape index (κ2) is 5.50. The van der Waals surface area contributed by atoms with Gasteiger partial charge in [-0.25, -0.2) is 0 Å². The van der Waals surface area contributed by atoms with Crippen LogP contribution in [0, 0.1) is 0 Å². The van der Waals surface area contributed by atoms with Crippen LogP contribution in [-0.2, 0) is 15.3 Å². The maximum Gasteiger partial charge on any atom is 0.270 e. The van der Waals surface area contributed by atoms with E-state index in [0.29, 0.717) is 0 Å². The van der Waals surface area contributed by atoms with E-state index in [1.807, 2.05) is 35.2 Å². The van der Waals surface area contributed by atoms with Crippen molar-refractivity contribution >= 4 is 5.91 Å². The van der Waals surface area contributed by atoms with Crippen molar-refractivity contribution in [2.75, 3.05) is 20.2 Å². The van der Waals surface area contributed by atoms with E-state index in [9.17, 15) is 4.79 Å². The minimum absolute atomic E-state index is 0.446. The van der Waals surface area contributed by atoms with Crippen molar-refractivity contribution in [2.45, 2.75) is 25.0 Å². The first-order chi connectivity index (χ1) is 8.71. The second-order valence-electron chi connectivity index (χ2n) is 4.63. The van der Waals surface area contributed by atoms with Gasteiger partial charge in [0, 0.05) is 25.8 Å². The molecule has 2 N–H and O–H groups in total. The summed E-state index contributed by atoms with van der Waals surface area (Å²) in [6, 6.07) is 9.50. The van der Waals surface area contributed by atoms with E-state index in [1.54, 1.807) is 7.11 Å². The summed E-state index contributed by atoms with van der Waals surface area (Å²) >= 11 is 0. The van der Waals surface area contributed by atoms with Crippen molar-refractivity contribution in [1.29, 1.82) is 0 Å². The molecule has 1 unspecified atom stereocenters. The van der Waals surface area contributed by atoms with Crippen LogP contribution >= 0.6 is 0 Å². The summed E-state index contributed by atoms with van der Waals surface area (Å²) in [7, 11) is 1.55. The van der Waals surface area contributed by atoms with E-state index in [1.165, 1.54) is 6.42 Å². The number of nitrogens with two attached hydrogens (primary N) is 1. The Labute approximate surface area is 108 Å². The summed E-state index contributed by atoms with van der Waals surface area (Å²) in [4.78, 5) is 14.1. The molecule has 1 fully saturated rings. The number of likely N-dealkylation sites (tertiary alicyclic amines) is 1. The fraction of sp³-hybridized carbons (Fsp3) is 0.500. The smallest absolute Gasteiger partial charge is 0.270 e. The Balaban J connectivity index is 2.42. The van der Waals surface area contributed by atoms with Gasteiger partial charge in [-0.3, -0.25) is 9.69 Å². The number of rotatable bonds is 4. The van der Waals surface area contributed by atoms with Gasteiger partial charge in [-0.1, -0.05) is 36.8 Å². The molecule has 1 aromatic carbocycles. The lowest BCUT2D eigenvalue weighted by molar-refractivity contribution is -0.176. The van der Waals surface area contributed by atoms with Crippen LogP contribution in [0.2, 0.25) is 0 Å². The third-order valence-electron chi connectivity index (χ3n) is 3.60. The van der Waals surface area contributed by atoms with Gasteiger partial charge in [0.2, 0.25) is 5.72 Å². The lowest BCUT2D eigenvalue weighted by Gasteiger charge is -2.42. The highest BCUT2D eigenvalue weighted by Crippen LogP contribution is 2.31. The number of benzene rings is 1. The number of hydrogen-bond donors (Lipinski definition) is 1. The molecular formula is C14H20N2O2. The number of ether oxygens (including phenoxy) is 1. The Morgan fingerprint density at radius 2 is 1.83 bits per heavy atom. The number of primary amides is 1. The molecule has 18 heavy (non-hydrogen) atoms. The summed E-state index contributed by atoms with van der Waals surface area (Å²) in [5.74, 6) is -0.446. The van der Waals surface area contributed by atoms with Crippen molar-refractivity contribution in [1.82, 2.24) is 4.90 Å². The van der Waals surface area contributed by atoms with Crippen molar-refractivity contribution < 1.29 is 9.53 Å². The Kier molecular flexibility index (Phi) is 3.99. The number of amides is 1. The van der Waals surface area contributed by atoms with Crippen LogP contribution in [0.5, 0.6) is 0 Å². The highest BCUT2D eigenvalue weighted by atomic mass is 16.5. The van der Waals surface area contributed by atoms with Crippen molar-refractivity contribution in [2.24, 2.45) is 5.73 Å². The average molecular weight is 248 g/mol. The predicted molar refractivity (Wildman–Crippen MR) is 69.7 cm³/mol. The van der Waals surface area contributed by atoms with Crippen LogP contribution < -0.4 is 5.73 Å². The van der Waals surface area contributed by atoms with Crippen LogP contribution in [0.25, 0.3) is 0 Å². The molecule has 2 rings (SSSR count). The third-order valence-corrected chi connectivity index (χ3v) is 3.60. The van der Waals surface area contributed by atoms with Crippen molar-refractivity contribution in [3.8, 4) is 0 Å². The average Bonchev–Trinajstić information content (AvgIpc) is 2.42. The topological polar surface area (TPSA) is 55.6 Å². The van der Waals surface area contributed by atoms with E-state index in [-0.39, 0.29) is 0 Å². The van der Waals surface area contributed by atoms with Gasteiger partial charge < -0.3 is 10.5 Å². The molecule has 0 aliphatic carbocycles. The monoisotopic (exact) mass is 248 g/mol. The minimum Gasteiger partial charge on any atom is -0.366 e. The SMILES string of the molecule is COC(C(N)=O)(c1ccccc1)N1CCCCC1. The first-order valence-corrected chi connectivity index (χ1v) is 6.37. The second-order valence-corrected chi connectivity index (χ2v) is 4.63. The number of methoxy groups -OCH3 is 1. The standard InChI is InChI=1S/C14H20N2O2/c1-18-14(13(15)17,12-8-4-2-5-9-12)16-10-6-3-7-11-16/h2,4-5,8-9H,3,6-7,10-11H2,1H3,(H2,15,17). The number of nitrogens with zero attached hydrogens (tertiary/aromatic N) is 1. The highest BCUT2D eigenvalue weighted by Gasteiger charge is 2.45. The van der Waals surface area contributed by atoms with Gasteiger partial charge in [-0.2, -0.15) is 0 Å². The van der Waals surface area contributed by atoms with Gasteiger partial charge >= 0.3 is 0 Å². The van der Waals surface area contributed by atoms with Crippen LogP contribution in [0.15, 0.2) is 30.3 Å². The summed E-state index contributed by atoms with van der Waals surface area (Å²) in [6.07, 6.45) is 3.35. The maximum absolute atomic E-state index is 12.0. The van der Waals surface area contributed by atoms with Gasteiger partial charge in [0.1, 0.15) is 0 Å². The molecular weight excluding hydrogens is 228 g/mol. The first-order valence-electron chi connectivity index (χ1n) is 6.37. The Morgan fingerprint density at radius 1 is 1.22 bits per heavy atom. The number of piperidine rings is 1. The fourth-order valence-corrected chi connectivity index (χ4v) is 2.70. The molecule has 4 heteroatoms. The Bertz CT molecular complexity index is 402. The van der Waals surface area contributed by atoms with Crippen LogP contribution in [-0.4, -0.2) is 31.0 Å². The highest BCUT2D eigenvalue weighted by molar-refractivity contribution is 5.84. The van der Waals surface area contributed by atoms with Gasteiger partial charge in [-0.05, 0) is 12.8 Å². The van der Waals surface area contributed by atoms with Gasteiger partial charge in [0.15, 0.2) is 0 Å². The van der Waals surface area contributed by atoms with Crippen LogP contribution in [0.1, 0.15) is 24.8 Å². The van der Waals surface area contributed by atoms with Crippen molar-refractivity contribution in [3.63, 3.8) is 0 Å². The zero-order valence-corrected chi connectivity index (χ0v) is 10.8. The van der Waals surface area contributed by atoms with E-state index < -0.39 is 11.6 Å². The summed E-state index contributed by atoms with van der Waals surface area (Å²) < 4.78 is 5.58. The Hall–Kier alpha value is -1.39. The number of hydrogen-bond acceptors (Lipinski definition) is 3. The molecule has 0 aromatic heterocycles. The fourth-order valence-electron chi connectivity index (χ4n) is 2.70. The predicted octanol–water partition coefficient (Wildman–Crippen LogP) is 1.46. The van der Waals surface area contributed by atoms with E-state index in [0.717, 1.165) is 31.5 Å². The zero-order chi connectivity index (χ0) is 13.0. The number of carbonyl (C=O) groups is 1. The molecule has 1 heterocycles. The van der Waals surface area contributed by atoms with E-state index >= 15 is 0 Å². The molecule has 0 spiro atoms. The molecule has 0 bridgehead atoms. The van der Waals surface area contributed by atoms with Gasteiger partial charge in [0.25, 0.3) is 5.91 Å². The third kappa shape index (κ3) is 2.13. The molecule has 98 valence electrons. The number of carbonyl (C=O) groups excluding carboxylic acids is 1. The van der Waals surface area contributed by atoms with Gasteiger partial charge in [0.05, 0.1) is 0 Å². The maximum atomic E-state index is 12.0. The molecule has 0 saturated carbocycles. The zero-order valence-electron chi connectivity index (χ0n) is 10.8. The molecule has 4 nitrogen and oxygen atoms in total.